The second-order valence-corrected chi connectivity index (χ2v) is 6.50. The zero-order valence-electron chi connectivity index (χ0n) is 15.5. The van der Waals surface area contributed by atoms with E-state index in [1.807, 2.05) is 42.5 Å². The molecule has 0 unspecified atom stereocenters. The van der Waals surface area contributed by atoms with E-state index in [9.17, 15) is 14.4 Å². The minimum atomic E-state index is -0.351. The summed E-state index contributed by atoms with van der Waals surface area (Å²) in [6.07, 6.45) is 0.248. The summed E-state index contributed by atoms with van der Waals surface area (Å²) in [5, 5.41) is 1.98. The first-order valence-corrected chi connectivity index (χ1v) is 9.30. The van der Waals surface area contributed by atoms with Crippen LogP contribution in [0, 0.1) is 0 Å². The number of ether oxygens (including phenoxy) is 1. The van der Waals surface area contributed by atoms with Crippen LogP contribution < -0.4 is 0 Å². The molecule has 0 spiro atoms. The first kappa shape index (κ1) is 18.9. The molecule has 2 amide bonds. The maximum absolute atomic E-state index is 12.9. The predicted molar refractivity (Wildman–Crippen MR) is 102 cm³/mol. The molecule has 1 aliphatic rings. The highest BCUT2D eigenvalue weighted by Crippen LogP contribution is 2.20. The van der Waals surface area contributed by atoms with Gasteiger partial charge in [0.05, 0.1) is 13.0 Å². The first-order valence-electron chi connectivity index (χ1n) is 9.30. The van der Waals surface area contributed by atoms with Crippen molar-refractivity contribution in [2.24, 2.45) is 0 Å². The van der Waals surface area contributed by atoms with Crippen molar-refractivity contribution in [1.29, 1.82) is 0 Å². The number of nitrogens with zero attached hydrogens (tertiary/aromatic N) is 2. The molecular formula is C21H24N2O4. The molecule has 6 nitrogen and oxygen atoms in total. The van der Waals surface area contributed by atoms with Crippen LogP contribution in [-0.2, 0) is 14.3 Å². The Morgan fingerprint density at radius 1 is 0.889 bits per heavy atom. The SMILES string of the molecule is CCOC(=O)CCC(=O)N1CCN(C(=O)c2cccc3ccccc23)CC1. The van der Waals surface area contributed by atoms with Crippen LogP contribution in [0.3, 0.4) is 0 Å². The molecule has 0 N–H and O–H groups in total. The molecule has 0 atom stereocenters. The van der Waals surface area contributed by atoms with E-state index in [2.05, 4.69) is 0 Å². The molecule has 0 aliphatic carbocycles. The summed E-state index contributed by atoms with van der Waals surface area (Å²) in [6.45, 7) is 4.02. The van der Waals surface area contributed by atoms with E-state index >= 15 is 0 Å². The average molecular weight is 368 g/mol. The smallest absolute Gasteiger partial charge is 0.306 e. The minimum absolute atomic E-state index is 0.00887. The average Bonchev–Trinajstić information content (AvgIpc) is 2.71. The predicted octanol–water partition coefficient (Wildman–Crippen LogP) is 2.47. The number of benzene rings is 2. The molecule has 1 heterocycles. The van der Waals surface area contributed by atoms with Gasteiger partial charge in [0.2, 0.25) is 5.91 Å². The maximum Gasteiger partial charge on any atom is 0.306 e. The molecule has 1 aliphatic heterocycles. The van der Waals surface area contributed by atoms with Crippen molar-refractivity contribution in [3.05, 3.63) is 48.0 Å². The minimum Gasteiger partial charge on any atom is -0.466 e. The van der Waals surface area contributed by atoms with Crippen molar-refractivity contribution in [2.45, 2.75) is 19.8 Å². The van der Waals surface area contributed by atoms with Crippen LogP contribution in [0.4, 0.5) is 0 Å². The summed E-state index contributed by atoms with van der Waals surface area (Å²) >= 11 is 0. The zero-order chi connectivity index (χ0) is 19.2. The van der Waals surface area contributed by atoms with Crippen LogP contribution in [0.5, 0.6) is 0 Å². The standard InChI is InChI=1S/C21H24N2O4/c1-2-27-20(25)11-10-19(24)22-12-14-23(15-13-22)21(26)18-9-5-7-16-6-3-4-8-17(16)18/h3-9H,2,10-15H2,1H3. The second kappa shape index (κ2) is 8.66. The van der Waals surface area contributed by atoms with Gasteiger partial charge in [-0.2, -0.15) is 0 Å². The highest BCUT2D eigenvalue weighted by atomic mass is 16.5. The molecule has 142 valence electrons. The molecule has 0 aromatic heterocycles. The Balaban J connectivity index is 1.58. The Bertz CT molecular complexity index is 836. The van der Waals surface area contributed by atoms with Crippen LogP contribution in [-0.4, -0.2) is 60.4 Å². The van der Waals surface area contributed by atoms with Gasteiger partial charge in [-0.25, -0.2) is 0 Å². The Morgan fingerprint density at radius 2 is 1.56 bits per heavy atom. The highest BCUT2D eigenvalue weighted by molar-refractivity contribution is 6.07. The van der Waals surface area contributed by atoms with E-state index < -0.39 is 0 Å². The summed E-state index contributed by atoms with van der Waals surface area (Å²) < 4.78 is 4.85. The topological polar surface area (TPSA) is 66.9 Å². The van der Waals surface area contributed by atoms with Crippen molar-refractivity contribution in [3.63, 3.8) is 0 Å². The van der Waals surface area contributed by atoms with Gasteiger partial charge in [-0.05, 0) is 23.8 Å². The fourth-order valence-electron chi connectivity index (χ4n) is 3.34. The number of carbonyl (C=O) groups is 3. The highest BCUT2D eigenvalue weighted by Gasteiger charge is 2.25. The Labute approximate surface area is 158 Å². The van der Waals surface area contributed by atoms with Gasteiger partial charge in [0, 0.05) is 38.2 Å². The van der Waals surface area contributed by atoms with Crippen molar-refractivity contribution in [2.75, 3.05) is 32.8 Å². The van der Waals surface area contributed by atoms with Gasteiger partial charge < -0.3 is 14.5 Å². The molecule has 2 aromatic rings. The third-order valence-electron chi connectivity index (χ3n) is 4.79. The lowest BCUT2D eigenvalue weighted by molar-refractivity contribution is -0.146. The fourth-order valence-corrected chi connectivity index (χ4v) is 3.34. The van der Waals surface area contributed by atoms with Crippen LogP contribution in [0.15, 0.2) is 42.5 Å². The number of fused-ring (bicyclic) bond motifs is 1. The fraction of sp³-hybridized carbons (Fsp3) is 0.381. The van der Waals surface area contributed by atoms with Crippen LogP contribution in [0.25, 0.3) is 10.8 Å². The normalized spacial score (nSPS) is 14.3. The van der Waals surface area contributed by atoms with E-state index in [0.29, 0.717) is 38.3 Å². The molecule has 1 fully saturated rings. The number of hydrogen-bond acceptors (Lipinski definition) is 4. The molecule has 27 heavy (non-hydrogen) atoms. The first-order chi connectivity index (χ1) is 13.1. The summed E-state index contributed by atoms with van der Waals surface area (Å²) in [4.78, 5) is 40.1. The molecule has 1 saturated heterocycles. The second-order valence-electron chi connectivity index (χ2n) is 6.50. The van der Waals surface area contributed by atoms with Gasteiger partial charge in [-0.15, -0.1) is 0 Å². The lowest BCUT2D eigenvalue weighted by Gasteiger charge is -2.35. The van der Waals surface area contributed by atoms with Gasteiger partial charge >= 0.3 is 5.97 Å². The quantitative estimate of drug-likeness (QED) is 0.761. The van der Waals surface area contributed by atoms with E-state index in [1.165, 1.54) is 0 Å². The monoisotopic (exact) mass is 368 g/mol. The number of piperazine rings is 1. The van der Waals surface area contributed by atoms with E-state index in [-0.39, 0.29) is 30.6 Å². The summed E-state index contributed by atoms with van der Waals surface area (Å²) in [5.74, 6) is -0.429. The van der Waals surface area contributed by atoms with Gasteiger partial charge in [0.25, 0.3) is 5.91 Å². The number of carbonyl (C=O) groups excluding carboxylic acids is 3. The van der Waals surface area contributed by atoms with Crippen molar-refractivity contribution in [1.82, 2.24) is 9.80 Å². The lowest BCUT2D eigenvalue weighted by Crippen LogP contribution is -2.50. The van der Waals surface area contributed by atoms with Gasteiger partial charge in [0.1, 0.15) is 0 Å². The zero-order valence-corrected chi connectivity index (χ0v) is 15.5. The molecule has 0 radical (unpaired) electrons. The maximum atomic E-state index is 12.9. The van der Waals surface area contributed by atoms with E-state index in [4.69, 9.17) is 4.74 Å². The molecule has 0 bridgehead atoms. The molecular weight excluding hydrogens is 344 g/mol. The Morgan fingerprint density at radius 3 is 2.30 bits per heavy atom. The summed E-state index contributed by atoms with van der Waals surface area (Å²) in [7, 11) is 0. The lowest BCUT2D eigenvalue weighted by atomic mass is 10.0. The van der Waals surface area contributed by atoms with Crippen LogP contribution >= 0.6 is 0 Å². The van der Waals surface area contributed by atoms with E-state index in [0.717, 1.165) is 10.8 Å². The molecule has 0 saturated carbocycles. The Kier molecular flexibility index (Phi) is 6.06. The van der Waals surface area contributed by atoms with Crippen LogP contribution in [0.1, 0.15) is 30.1 Å². The largest absolute Gasteiger partial charge is 0.466 e. The van der Waals surface area contributed by atoms with Crippen molar-refractivity contribution >= 4 is 28.6 Å². The van der Waals surface area contributed by atoms with Crippen molar-refractivity contribution in [3.8, 4) is 0 Å². The van der Waals surface area contributed by atoms with Gasteiger partial charge in [-0.3, -0.25) is 14.4 Å². The Hall–Kier alpha value is -2.89. The van der Waals surface area contributed by atoms with E-state index in [1.54, 1.807) is 16.7 Å². The third kappa shape index (κ3) is 4.45. The van der Waals surface area contributed by atoms with Gasteiger partial charge in [-0.1, -0.05) is 36.4 Å². The van der Waals surface area contributed by atoms with Crippen LogP contribution in [0.2, 0.25) is 0 Å². The van der Waals surface area contributed by atoms with Crippen molar-refractivity contribution < 1.29 is 19.1 Å². The number of rotatable bonds is 5. The van der Waals surface area contributed by atoms with Gasteiger partial charge in [0.15, 0.2) is 0 Å². The summed E-state index contributed by atoms with van der Waals surface area (Å²) in [6, 6.07) is 13.6. The number of esters is 1. The third-order valence-corrected chi connectivity index (χ3v) is 4.79. The summed E-state index contributed by atoms with van der Waals surface area (Å²) in [5.41, 5.74) is 0.690. The number of hydrogen-bond donors (Lipinski definition) is 0. The number of amides is 2. The molecule has 2 aromatic carbocycles. The molecule has 6 heteroatoms. The molecule has 3 rings (SSSR count).